The van der Waals surface area contributed by atoms with Gasteiger partial charge in [0.2, 0.25) is 0 Å². The van der Waals surface area contributed by atoms with Gasteiger partial charge in [0.1, 0.15) is 0 Å². The molecule has 0 radical (unpaired) electrons. The van der Waals surface area contributed by atoms with E-state index in [0.717, 1.165) is 13.0 Å². The van der Waals surface area contributed by atoms with Crippen LogP contribution >= 0.6 is 0 Å². The van der Waals surface area contributed by atoms with Gasteiger partial charge in [-0.2, -0.15) is 0 Å². The molecule has 3 heteroatoms. The molecule has 1 atom stereocenters. The molecule has 1 aromatic rings. The maximum atomic E-state index is 5.98. The van der Waals surface area contributed by atoms with Crippen LogP contribution in [-0.4, -0.2) is 55.1 Å². The number of aryl methyl sites for hydroxylation is 1. The minimum Gasteiger partial charge on any atom is -0.329 e. The molecule has 2 N–H and O–H groups in total. The number of hydrogen-bond acceptors (Lipinski definition) is 3. The van der Waals surface area contributed by atoms with Gasteiger partial charge in [-0.15, -0.1) is 0 Å². The standard InChI is InChI=1S/C16H27N3/c1-2-18-10-12-19(13-11-18)16(14-17)9-8-15-6-4-3-5-7-15/h3-7,16H,2,8-14,17H2,1H3. The van der Waals surface area contributed by atoms with Gasteiger partial charge >= 0.3 is 0 Å². The first-order chi connectivity index (χ1) is 9.33. The number of hydrogen-bond donors (Lipinski definition) is 1. The summed E-state index contributed by atoms with van der Waals surface area (Å²) in [5.41, 5.74) is 7.40. The monoisotopic (exact) mass is 261 g/mol. The highest BCUT2D eigenvalue weighted by molar-refractivity contribution is 5.14. The summed E-state index contributed by atoms with van der Waals surface area (Å²) in [5, 5.41) is 0. The zero-order valence-electron chi connectivity index (χ0n) is 12.1. The summed E-state index contributed by atoms with van der Waals surface area (Å²) in [6, 6.07) is 11.3. The van der Waals surface area contributed by atoms with E-state index in [1.54, 1.807) is 0 Å². The third-order valence-corrected chi connectivity index (χ3v) is 4.25. The highest BCUT2D eigenvalue weighted by atomic mass is 15.3. The first-order valence-corrected chi connectivity index (χ1v) is 7.54. The van der Waals surface area contributed by atoms with Crippen molar-refractivity contribution >= 4 is 0 Å². The Labute approximate surface area is 117 Å². The van der Waals surface area contributed by atoms with Crippen molar-refractivity contribution in [1.82, 2.24) is 9.80 Å². The van der Waals surface area contributed by atoms with Crippen molar-refractivity contribution in [3.8, 4) is 0 Å². The fourth-order valence-electron chi connectivity index (χ4n) is 2.87. The molecule has 0 spiro atoms. The molecule has 1 aliphatic rings. The molecule has 0 aliphatic carbocycles. The molecule has 2 rings (SSSR count). The molecule has 1 aliphatic heterocycles. The predicted octanol–water partition coefficient (Wildman–Crippen LogP) is 1.58. The van der Waals surface area contributed by atoms with Crippen LogP contribution < -0.4 is 5.73 Å². The highest BCUT2D eigenvalue weighted by Gasteiger charge is 2.21. The molecule has 1 unspecified atom stereocenters. The first-order valence-electron chi connectivity index (χ1n) is 7.54. The van der Waals surface area contributed by atoms with Crippen LogP contribution in [0.1, 0.15) is 18.9 Å². The third-order valence-electron chi connectivity index (χ3n) is 4.25. The van der Waals surface area contributed by atoms with Crippen LogP contribution in [0.4, 0.5) is 0 Å². The van der Waals surface area contributed by atoms with Crippen molar-refractivity contribution in [3.63, 3.8) is 0 Å². The fraction of sp³-hybridized carbons (Fsp3) is 0.625. The molecule has 19 heavy (non-hydrogen) atoms. The molecule has 1 saturated heterocycles. The first kappa shape index (κ1) is 14.5. The number of benzene rings is 1. The average Bonchev–Trinajstić information content (AvgIpc) is 2.49. The van der Waals surface area contributed by atoms with Gasteiger partial charge in [0.15, 0.2) is 0 Å². The molecule has 3 nitrogen and oxygen atoms in total. The summed E-state index contributed by atoms with van der Waals surface area (Å²) >= 11 is 0. The molecule has 0 aromatic heterocycles. The van der Waals surface area contributed by atoms with E-state index >= 15 is 0 Å². The van der Waals surface area contributed by atoms with Gasteiger partial charge in [-0.3, -0.25) is 4.90 Å². The van der Waals surface area contributed by atoms with Crippen LogP contribution in [0.2, 0.25) is 0 Å². The number of likely N-dealkylation sites (N-methyl/N-ethyl adjacent to an activating group) is 1. The van der Waals surface area contributed by atoms with Crippen LogP contribution in [0.5, 0.6) is 0 Å². The average molecular weight is 261 g/mol. The van der Waals surface area contributed by atoms with E-state index in [9.17, 15) is 0 Å². The summed E-state index contributed by atoms with van der Waals surface area (Å²) in [7, 11) is 0. The van der Waals surface area contributed by atoms with Gasteiger partial charge in [-0.1, -0.05) is 37.3 Å². The van der Waals surface area contributed by atoms with E-state index in [-0.39, 0.29) is 0 Å². The topological polar surface area (TPSA) is 32.5 Å². The summed E-state index contributed by atoms with van der Waals surface area (Å²) in [6.07, 6.45) is 2.31. The lowest BCUT2D eigenvalue weighted by molar-refractivity contribution is 0.0983. The van der Waals surface area contributed by atoms with Crippen molar-refractivity contribution in [1.29, 1.82) is 0 Å². The minimum absolute atomic E-state index is 0.541. The zero-order chi connectivity index (χ0) is 13.5. The lowest BCUT2D eigenvalue weighted by Crippen LogP contribution is -2.52. The maximum Gasteiger partial charge on any atom is 0.0222 e. The van der Waals surface area contributed by atoms with Gasteiger partial charge in [-0.25, -0.2) is 0 Å². The Bertz CT molecular complexity index is 344. The van der Waals surface area contributed by atoms with Gasteiger partial charge < -0.3 is 10.6 Å². The second kappa shape index (κ2) is 7.63. The lowest BCUT2D eigenvalue weighted by Gasteiger charge is -2.38. The predicted molar refractivity (Wildman–Crippen MR) is 81.3 cm³/mol. The Morgan fingerprint density at radius 3 is 2.37 bits per heavy atom. The zero-order valence-corrected chi connectivity index (χ0v) is 12.1. The Morgan fingerprint density at radius 1 is 1.11 bits per heavy atom. The van der Waals surface area contributed by atoms with Crippen molar-refractivity contribution in [2.45, 2.75) is 25.8 Å². The van der Waals surface area contributed by atoms with Crippen LogP contribution in [-0.2, 0) is 6.42 Å². The molecule has 0 amide bonds. The molecule has 1 aromatic carbocycles. The van der Waals surface area contributed by atoms with Crippen LogP contribution in [0.15, 0.2) is 30.3 Å². The Morgan fingerprint density at radius 2 is 1.79 bits per heavy atom. The normalized spacial score (nSPS) is 19.5. The van der Waals surface area contributed by atoms with Crippen molar-refractivity contribution < 1.29 is 0 Å². The van der Waals surface area contributed by atoms with Gasteiger partial charge in [0.25, 0.3) is 0 Å². The summed E-state index contributed by atoms with van der Waals surface area (Å²) < 4.78 is 0. The summed E-state index contributed by atoms with van der Waals surface area (Å²) in [4.78, 5) is 5.09. The summed E-state index contributed by atoms with van der Waals surface area (Å²) in [6.45, 7) is 8.92. The molecular weight excluding hydrogens is 234 g/mol. The van der Waals surface area contributed by atoms with Gasteiger partial charge in [0, 0.05) is 38.8 Å². The fourth-order valence-corrected chi connectivity index (χ4v) is 2.87. The highest BCUT2D eigenvalue weighted by Crippen LogP contribution is 2.12. The Hall–Kier alpha value is -0.900. The molecule has 106 valence electrons. The van der Waals surface area contributed by atoms with Crippen LogP contribution in [0.25, 0.3) is 0 Å². The largest absolute Gasteiger partial charge is 0.329 e. The number of nitrogens with zero attached hydrogens (tertiary/aromatic N) is 2. The van der Waals surface area contributed by atoms with Gasteiger partial charge in [0.05, 0.1) is 0 Å². The van der Waals surface area contributed by atoms with E-state index in [4.69, 9.17) is 5.73 Å². The number of rotatable bonds is 6. The van der Waals surface area contributed by atoms with E-state index in [1.165, 1.54) is 44.7 Å². The van der Waals surface area contributed by atoms with Crippen LogP contribution in [0.3, 0.4) is 0 Å². The van der Waals surface area contributed by atoms with Crippen molar-refractivity contribution in [2.24, 2.45) is 5.73 Å². The molecule has 1 heterocycles. The minimum atomic E-state index is 0.541. The van der Waals surface area contributed by atoms with Gasteiger partial charge in [-0.05, 0) is 24.9 Å². The molecule has 0 bridgehead atoms. The van der Waals surface area contributed by atoms with E-state index in [2.05, 4.69) is 47.1 Å². The van der Waals surface area contributed by atoms with E-state index in [1.807, 2.05) is 0 Å². The maximum absolute atomic E-state index is 5.98. The lowest BCUT2D eigenvalue weighted by atomic mass is 10.0. The molecule has 1 fully saturated rings. The smallest absolute Gasteiger partial charge is 0.0222 e. The molecular formula is C16H27N3. The van der Waals surface area contributed by atoms with E-state index < -0.39 is 0 Å². The van der Waals surface area contributed by atoms with Crippen molar-refractivity contribution in [2.75, 3.05) is 39.3 Å². The Kier molecular flexibility index (Phi) is 5.83. The second-order valence-corrected chi connectivity index (χ2v) is 5.38. The second-order valence-electron chi connectivity index (χ2n) is 5.38. The van der Waals surface area contributed by atoms with Crippen molar-refractivity contribution in [3.05, 3.63) is 35.9 Å². The molecule has 0 saturated carbocycles. The third kappa shape index (κ3) is 4.30. The Balaban J connectivity index is 1.80. The van der Waals surface area contributed by atoms with Crippen LogP contribution in [0, 0.1) is 0 Å². The summed E-state index contributed by atoms with van der Waals surface area (Å²) in [5.74, 6) is 0. The SMILES string of the molecule is CCN1CCN(C(CN)CCc2ccccc2)CC1. The number of nitrogens with two attached hydrogens (primary N) is 1. The van der Waals surface area contributed by atoms with E-state index in [0.29, 0.717) is 6.04 Å². The quantitative estimate of drug-likeness (QED) is 0.844. The number of piperazine rings is 1.